The Morgan fingerprint density at radius 3 is 2.60 bits per heavy atom. The van der Waals surface area contributed by atoms with Crippen molar-refractivity contribution in [2.24, 2.45) is 5.92 Å². The zero-order valence-electron chi connectivity index (χ0n) is 20.2. The van der Waals surface area contributed by atoms with Crippen LogP contribution in [0.25, 0.3) is 0 Å². The first-order chi connectivity index (χ1) is 17.1. The van der Waals surface area contributed by atoms with Gasteiger partial charge in [0.15, 0.2) is 0 Å². The lowest BCUT2D eigenvalue weighted by Gasteiger charge is -2.37. The van der Waals surface area contributed by atoms with Crippen molar-refractivity contribution >= 4 is 23.2 Å². The van der Waals surface area contributed by atoms with Crippen LogP contribution in [0.4, 0.5) is 0 Å². The van der Waals surface area contributed by atoms with Gasteiger partial charge in [0, 0.05) is 18.0 Å². The van der Waals surface area contributed by atoms with Gasteiger partial charge in [-0.25, -0.2) is 0 Å². The summed E-state index contributed by atoms with van der Waals surface area (Å²) < 4.78 is 6.22. The molecule has 1 fully saturated rings. The maximum Gasteiger partial charge on any atom is 0.242 e. The van der Waals surface area contributed by atoms with E-state index in [-0.39, 0.29) is 24.4 Å². The summed E-state index contributed by atoms with van der Waals surface area (Å²) in [5.41, 5.74) is 3.23. The van der Waals surface area contributed by atoms with Crippen molar-refractivity contribution in [2.75, 3.05) is 26.2 Å². The summed E-state index contributed by atoms with van der Waals surface area (Å²) in [6, 6.07) is 19.7. The number of amides is 2. The van der Waals surface area contributed by atoms with Gasteiger partial charge in [0.25, 0.3) is 0 Å². The normalized spacial score (nSPS) is 17.1. The minimum absolute atomic E-state index is 0.00213. The number of nitrogens with zero attached hydrogens (tertiary/aromatic N) is 2. The molecule has 0 saturated heterocycles. The molecule has 0 N–H and O–H groups in total. The zero-order chi connectivity index (χ0) is 24.2. The quantitative estimate of drug-likeness (QED) is 0.424. The molecule has 0 radical (unpaired) electrons. The lowest BCUT2D eigenvalue weighted by molar-refractivity contribution is -0.142. The van der Waals surface area contributed by atoms with Crippen LogP contribution < -0.4 is 4.74 Å². The third-order valence-corrected chi connectivity index (χ3v) is 7.95. The molecule has 1 unspecified atom stereocenters. The molecule has 6 heteroatoms. The molecule has 2 heterocycles. The fourth-order valence-corrected chi connectivity index (χ4v) is 5.69. The number of aryl methyl sites for hydroxylation is 1. The maximum atomic E-state index is 13.7. The van der Waals surface area contributed by atoms with Gasteiger partial charge in [-0.05, 0) is 66.3 Å². The summed E-state index contributed by atoms with van der Waals surface area (Å²) in [6.07, 6.45) is 3.45. The molecule has 5 rings (SSSR count). The van der Waals surface area contributed by atoms with Crippen molar-refractivity contribution in [2.45, 2.75) is 38.6 Å². The minimum Gasteiger partial charge on any atom is -0.491 e. The number of carbonyl (C=O) groups is 2. The molecule has 182 valence electrons. The van der Waals surface area contributed by atoms with E-state index in [0.717, 1.165) is 36.1 Å². The number of fused-ring (bicyclic) bond motifs is 1. The van der Waals surface area contributed by atoms with E-state index < -0.39 is 0 Å². The van der Waals surface area contributed by atoms with Gasteiger partial charge in [-0.3, -0.25) is 9.59 Å². The number of carbonyl (C=O) groups excluding carboxylic acids is 2. The molecule has 3 aromatic rings. The van der Waals surface area contributed by atoms with E-state index in [0.29, 0.717) is 32.0 Å². The van der Waals surface area contributed by atoms with Crippen molar-refractivity contribution in [1.82, 2.24) is 9.80 Å². The monoisotopic (exact) mass is 488 g/mol. The molecule has 1 atom stereocenters. The predicted octanol–water partition coefficient (Wildman–Crippen LogP) is 5.04. The third-order valence-electron chi connectivity index (χ3n) is 6.96. The van der Waals surface area contributed by atoms with Gasteiger partial charge < -0.3 is 14.5 Å². The van der Waals surface area contributed by atoms with Crippen LogP contribution >= 0.6 is 11.3 Å². The first-order valence-electron chi connectivity index (χ1n) is 12.4. The van der Waals surface area contributed by atoms with Crippen LogP contribution in [0, 0.1) is 12.8 Å². The zero-order valence-corrected chi connectivity index (χ0v) is 21.0. The van der Waals surface area contributed by atoms with Crippen molar-refractivity contribution in [3.63, 3.8) is 0 Å². The van der Waals surface area contributed by atoms with Gasteiger partial charge in [-0.2, -0.15) is 0 Å². The van der Waals surface area contributed by atoms with Crippen molar-refractivity contribution < 1.29 is 14.3 Å². The van der Waals surface area contributed by atoms with E-state index in [1.54, 1.807) is 16.2 Å². The molecule has 5 nitrogen and oxygen atoms in total. The first kappa shape index (κ1) is 23.6. The van der Waals surface area contributed by atoms with E-state index in [1.807, 2.05) is 66.4 Å². The lowest BCUT2D eigenvalue weighted by atomic mass is 10.00. The molecule has 2 aromatic carbocycles. The van der Waals surface area contributed by atoms with Crippen LogP contribution in [0.15, 0.2) is 66.0 Å². The standard InChI is InChI=1S/C29H32N2O3S/c1-21-7-5-6-10-26(21)34-20-25-24-14-16-35-27(24)13-15-31(25)29(33)19-30(18-23-11-12-23)28(32)17-22-8-3-2-4-9-22/h2-10,14,16,23,25H,11-13,15,17-20H2,1H3. The van der Waals surface area contributed by atoms with E-state index in [1.165, 1.54) is 10.4 Å². The Labute approximate surface area is 211 Å². The van der Waals surface area contributed by atoms with Gasteiger partial charge in [0.1, 0.15) is 12.4 Å². The topological polar surface area (TPSA) is 49.9 Å². The highest BCUT2D eigenvalue weighted by molar-refractivity contribution is 7.10. The molecule has 0 bridgehead atoms. The molecule has 1 aromatic heterocycles. The minimum atomic E-state index is -0.149. The Hall–Kier alpha value is -3.12. The van der Waals surface area contributed by atoms with Crippen molar-refractivity contribution in [3.8, 4) is 5.75 Å². The first-order valence-corrected chi connectivity index (χ1v) is 13.3. The molecule has 1 aliphatic carbocycles. The molecule has 1 saturated carbocycles. The number of ether oxygens (including phenoxy) is 1. The summed E-state index contributed by atoms with van der Waals surface area (Å²) in [5, 5.41) is 2.10. The summed E-state index contributed by atoms with van der Waals surface area (Å²) in [7, 11) is 0. The van der Waals surface area contributed by atoms with Crippen molar-refractivity contribution in [3.05, 3.63) is 87.6 Å². The summed E-state index contributed by atoms with van der Waals surface area (Å²) >= 11 is 1.75. The van der Waals surface area contributed by atoms with E-state index in [9.17, 15) is 9.59 Å². The number of rotatable bonds is 9. The fourth-order valence-electron chi connectivity index (χ4n) is 4.76. The molecule has 1 aliphatic heterocycles. The number of hydrogen-bond donors (Lipinski definition) is 0. The maximum absolute atomic E-state index is 13.7. The predicted molar refractivity (Wildman–Crippen MR) is 139 cm³/mol. The number of thiophene rings is 1. The van der Waals surface area contributed by atoms with E-state index in [4.69, 9.17) is 4.74 Å². The molecule has 0 spiro atoms. The molecular formula is C29H32N2O3S. The Kier molecular flexibility index (Phi) is 7.19. The molecule has 2 amide bonds. The number of hydrogen-bond acceptors (Lipinski definition) is 4. The van der Waals surface area contributed by atoms with Gasteiger partial charge in [-0.15, -0.1) is 11.3 Å². The van der Waals surface area contributed by atoms with Crippen molar-refractivity contribution in [1.29, 1.82) is 0 Å². The second kappa shape index (κ2) is 10.6. The molecule has 2 aliphatic rings. The smallest absolute Gasteiger partial charge is 0.242 e. The van der Waals surface area contributed by atoms with Crippen LogP contribution in [0.2, 0.25) is 0 Å². The highest BCUT2D eigenvalue weighted by atomic mass is 32.1. The Bertz CT molecular complexity index is 1170. The van der Waals surface area contributed by atoms with Crippen LogP contribution in [0.5, 0.6) is 5.75 Å². The van der Waals surface area contributed by atoms with Crippen LogP contribution in [0.1, 0.15) is 40.5 Å². The van der Waals surface area contributed by atoms with Gasteiger partial charge in [-0.1, -0.05) is 48.5 Å². The highest BCUT2D eigenvalue weighted by Crippen LogP contribution is 2.35. The van der Waals surface area contributed by atoms with Crippen LogP contribution in [0.3, 0.4) is 0 Å². The van der Waals surface area contributed by atoms with Crippen LogP contribution in [-0.4, -0.2) is 47.9 Å². The largest absolute Gasteiger partial charge is 0.491 e. The highest BCUT2D eigenvalue weighted by Gasteiger charge is 2.35. The van der Waals surface area contributed by atoms with Gasteiger partial charge in [0.2, 0.25) is 11.8 Å². The second-order valence-corrected chi connectivity index (χ2v) is 10.6. The Morgan fingerprint density at radius 2 is 1.83 bits per heavy atom. The summed E-state index contributed by atoms with van der Waals surface area (Å²) in [4.78, 5) is 31.9. The number of benzene rings is 2. The summed E-state index contributed by atoms with van der Waals surface area (Å²) in [5.74, 6) is 1.39. The Morgan fingerprint density at radius 1 is 1.06 bits per heavy atom. The average molecular weight is 489 g/mol. The van der Waals surface area contributed by atoms with Gasteiger partial charge in [0.05, 0.1) is 19.0 Å². The SMILES string of the molecule is Cc1ccccc1OCC1c2ccsc2CCN1C(=O)CN(CC1CC1)C(=O)Cc1ccccc1. The fraction of sp³-hybridized carbons (Fsp3) is 0.379. The van der Waals surface area contributed by atoms with E-state index in [2.05, 4.69) is 11.4 Å². The number of para-hydroxylation sites is 1. The molecular weight excluding hydrogens is 456 g/mol. The summed E-state index contributed by atoms with van der Waals surface area (Å²) in [6.45, 7) is 3.88. The molecule has 35 heavy (non-hydrogen) atoms. The lowest BCUT2D eigenvalue weighted by Crippen LogP contribution is -2.48. The van der Waals surface area contributed by atoms with Gasteiger partial charge >= 0.3 is 0 Å². The second-order valence-electron chi connectivity index (χ2n) is 9.61. The average Bonchev–Trinajstić information content (AvgIpc) is 3.55. The third kappa shape index (κ3) is 5.76. The van der Waals surface area contributed by atoms with E-state index >= 15 is 0 Å². The van der Waals surface area contributed by atoms with Crippen LogP contribution in [-0.2, 0) is 22.4 Å². The Balaban J connectivity index is 1.31.